The highest BCUT2D eigenvalue weighted by atomic mass is 35.5. The Hall–Kier alpha value is -0.840. The molecule has 0 aromatic carbocycles. The highest BCUT2D eigenvalue weighted by Crippen LogP contribution is 2.25. The van der Waals surface area contributed by atoms with E-state index in [1.807, 2.05) is 12.1 Å². The van der Waals surface area contributed by atoms with E-state index in [4.69, 9.17) is 17.3 Å². The fraction of sp³-hybridized carbons (Fsp3) is 0.545. The molecular formula is C11H17ClN4. The Labute approximate surface area is 101 Å². The molecule has 2 N–H and O–H groups in total. The maximum absolute atomic E-state index is 6.16. The van der Waals surface area contributed by atoms with Gasteiger partial charge in [-0.25, -0.2) is 4.98 Å². The zero-order chi connectivity index (χ0) is 11.5. The van der Waals surface area contributed by atoms with E-state index >= 15 is 0 Å². The number of aromatic nitrogens is 1. The van der Waals surface area contributed by atoms with Crippen LogP contribution < -0.4 is 10.6 Å². The molecule has 1 fully saturated rings. The van der Waals surface area contributed by atoms with Crippen LogP contribution in [-0.2, 0) is 0 Å². The van der Waals surface area contributed by atoms with Crippen molar-refractivity contribution in [2.75, 3.05) is 38.1 Å². The van der Waals surface area contributed by atoms with E-state index in [0.29, 0.717) is 17.6 Å². The number of likely N-dealkylation sites (N-methyl/N-ethyl adjacent to an activating group) is 1. The molecule has 1 aromatic heterocycles. The Morgan fingerprint density at radius 3 is 3.06 bits per heavy atom. The molecule has 2 heterocycles. The van der Waals surface area contributed by atoms with Gasteiger partial charge in [-0.2, -0.15) is 0 Å². The molecule has 4 nitrogen and oxygen atoms in total. The van der Waals surface area contributed by atoms with E-state index in [1.54, 1.807) is 6.20 Å². The largest absolute Gasteiger partial charge is 0.349 e. The first-order valence-corrected chi connectivity index (χ1v) is 5.86. The summed E-state index contributed by atoms with van der Waals surface area (Å²) < 4.78 is 0. The van der Waals surface area contributed by atoms with Gasteiger partial charge in [0.05, 0.1) is 11.1 Å². The van der Waals surface area contributed by atoms with Gasteiger partial charge in [0.15, 0.2) is 0 Å². The summed E-state index contributed by atoms with van der Waals surface area (Å²) in [6.07, 6.45) is 1.77. The second kappa shape index (κ2) is 4.99. The van der Waals surface area contributed by atoms with Gasteiger partial charge in [-0.05, 0) is 19.2 Å². The highest BCUT2D eigenvalue weighted by Gasteiger charge is 2.26. The summed E-state index contributed by atoms with van der Waals surface area (Å²) in [6, 6.07) is 4.01. The summed E-state index contributed by atoms with van der Waals surface area (Å²) in [4.78, 5) is 8.84. The van der Waals surface area contributed by atoms with Crippen molar-refractivity contribution in [3.8, 4) is 0 Å². The standard InChI is InChI=1S/C11H17ClN4/c1-15-5-6-16(9(7-13)8-15)11-10(12)3-2-4-14-11/h2-4,9H,5-8,13H2,1H3. The number of nitrogens with zero attached hydrogens (tertiary/aromatic N) is 3. The molecule has 16 heavy (non-hydrogen) atoms. The van der Waals surface area contributed by atoms with Gasteiger partial charge in [-0.1, -0.05) is 11.6 Å². The molecular weight excluding hydrogens is 224 g/mol. The van der Waals surface area contributed by atoms with Crippen molar-refractivity contribution in [2.45, 2.75) is 6.04 Å². The molecule has 1 saturated heterocycles. The lowest BCUT2D eigenvalue weighted by Crippen LogP contribution is -2.55. The Bertz CT molecular complexity index is 358. The van der Waals surface area contributed by atoms with Crippen molar-refractivity contribution in [1.29, 1.82) is 0 Å². The first-order chi connectivity index (χ1) is 7.72. The molecule has 5 heteroatoms. The Morgan fingerprint density at radius 2 is 2.38 bits per heavy atom. The smallest absolute Gasteiger partial charge is 0.147 e. The van der Waals surface area contributed by atoms with Gasteiger partial charge >= 0.3 is 0 Å². The van der Waals surface area contributed by atoms with Crippen molar-refractivity contribution in [3.63, 3.8) is 0 Å². The van der Waals surface area contributed by atoms with Crippen LogP contribution in [0.15, 0.2) is 18.3 Å². The maximum Gasteiger partial charge on any atom is 0.147 e. The predicted octanol–water partition coefficient (Wildman–Crippen LogP) is 0.814. The number of rotatable bonds is 2. The lowest BCUT2D eigenvalue weighted by Gasteiger charge is -2.40. The maximum atomic E-state index is 6.16. The quantitative estimate of drug-likeness (QED) is 0.831. The highest BCUT2D eigenvalue weighted by molar-refractivity contribution is 6.32. The van der Waals surface area contributed by atoms with E-state index in [1.165, 1.54) is 0 Å². The van der Waals surface area contributed by atoms with Crippen molar-refractivity contribution in [3.05, 3.63) is 23.4 Å². The first-order valence-electron chi connectivity index (χ1n) is 5.48. The minimum absolute atomic E-state index is 0.297. The van der Waals surface area contributed by atoms with Crippen LogP contribution in [0, 0.1) is 0 Å². The van der Waals surface area contributed by atoms with Crippen molar-refractivity contribution in [1.82, 2.24) is 9.88 Å². The van der Waals surface area contributed by atoms with Crippen LogP contribution in [0.1, 0.15) is 0 Å². The molecule has 0 bridgehead atoms. The average molecular weight is 241 g/mol. The Kier molecular flexibility index (Phi) is 3.63. The number of hydrogen-bond donors (Lipinski definition) is 1. The molecule has 0 amide bonds. The van der Waals surface area contributed by atoms with Gasteiger partial charge in [0.1, 0.15) is 5.82 Å². The SMILES string of the molecule is CN1CCN(c2ncccc2Cl)C(CN)C1. The number of hydrogen-bond acceptors (Lipinski definition) is 4. The molecule has 0 saturated carbocycles. The summed E-state index contributed by atoms with van der Waals surface area (Å²) in [5.74, 6) is 0.854. The molecule has 0 radical (unpaired) electrons. The molecule has 1 aliphatic heterocycles. The average Bonchev–Trinajstić information content (AvgIpc) is 2.30. The fourth-order valence-corrected chi connectivity index (χ4v) is 2.31. The van der Waals surface area contributed by atoms with E-state index in [-0.39, 0.29) is 0 Å². The van der Waals surface area contributed by atoms with Gasteiger partial charge in [-0.15, -0.1) is 0 Å². The van der Waals surface area contributed by atoms with Crippen molar-refractivity contribution >= 4 is 17.4 Å². The molecule has 0 spiro atoms. The number of pyridine rings is 1. The number of halogens is 1. The summed E-state index contributed by atoms with van der Waals surface area (Å²) in [5, 5.41) is 0.700. The van der Waals surface area contributed by atoms with E-state index in [0.717, 1.165) is 25.5 Å². The normalized spacial score (nSPS) is 22.4. The fourth-order valence-electron chi connectivity index (χ4n) is 2.08. The lowest BCUT2D eigenvalue weighted by molar-refractivity contribution is 0.269. The number of nitrogens with two attached hydrogens (primary N) is 1. The molecule has 88 valence electrons. The summed E-state index contributed by atoms with van der Waals surface area (Å²) >= 11 is 6.16. The minimum Gasteiger partial charge on any atom is -0.349 e. The van der Waals surface area contributed by atoms with Crippen molar-refractivity contribution < 1.29 is 0 Å². The van der Waals surface area contributed by atoms with Gasteiger partial charge in [0.2, 0.25) is 0 Å². The first kappa shape index (κ1) is 11.6. The summed E-state index contributed by atoms with van der Waals surface area (Å²) in [5.41, 5.74) is 5.80. The molecule has 1 aliphatic rings. The van der Waals surface area contributed by atoms with Gasteiger partial charge < -0.3 is 15.5 Å². The number of anilines is 1. The van der Waals surface area contributed by atoms with Crippen LogP contribution in [0.4, 0.5) is 5.82 Å². The zero-order valence-corrected chi connectivity index (χ0v) is 10.2. The third-order valence-electron chi connectivity index (χ3n) is 2.97. The summed E-state index contributed by atoms with van der Waals surface area (Å²) in [6.45, 7) is 3.53. The molecule has 1 unspecified atom stereocenters. The van der Waals surface area contributed by atoms with Crippen molar-refractivity contribution in [2.24, 2.45) is 5.73 Å². The van der Waals surface area contributed by atoms with Crippen LogP contribution >= 0.6 is 11.6 Å². The van der Waals surface area contributed by atoms with E-state index in [9.17, 15) is 0 Å². The monoisotopic (exact) mass is 240 g/mol. The summed E-state index contributed by atoms with van der Waals surface area (Å²) in [7, 11) is 2.11. The molecule has 1 atom stereocenters. The molecule has 0 aliphatic carbocycles. The zero-order valence-electron chi connectivity index (χ0n) is 9.43. The second-order valence-electron chi connectivity index (χ2n) is 4.15. The Balaban J connectivity index is 2.22. The third kappa shape index (κ3) is 2.29. The molecule has 2 rings (SSSR count). The predicted molar refractivity (Wildman–Crippen MR) is 66.9 cm³/mol. The van der Waals surface area contributed by atoms with Gasteiger partial charge in [0, 0.05) is 32.4 Å². The van der Waals surface area contributed by atoms with Crippen LogP contribution in [0.2, 0.25) is 5.02 Å². The number of piperazine rings is 1. The van der Waals surface area contributed by atoms with Gasteiger partial charge in [-0.3, -0.25) is 0 Å². The van der Waals surface area contributed by atoms with Crippen LogP contribution in [-0.4, -0.2) is 49.2 Å². The minimum atomic E-state index is 0.297. The second-order valence-corrected chi connectivity index (χ2v) is 4.56. The topological polar surface area (TPSA) is 45.4 Å². The Morgan fingerprint density at radius 1 is 1.56 bits per heavy atom. The molecule has 1 aromatic rings. The van der Waals surface area contributed by atoms with Crippen LogP contribution in [0.3, 0.4) is 0 Å². The van der Waals surface area contributed by atoms with Gasteiger partial charge in [0.25, 0.3) is 0 Å². The third-order valence-corrected chi connectivity index (χ3v) is 3.26. The van der Waals surface area contributed by atoms with Crippen LogP contribution in [0.5, 0.6) is 0 Å². The van der Waals surface area contributed by atoms with Crippen LogP contribution in [0.25, 0.3) is 0 Å². The lowest BCUT2D eigenvalue weighted by atomic mass is 10.1. The van der Waals surface area contributed by atoms with E-state index in [2.05, 4.69) is 21.8 Å². The van der Waals surface area contributed by atoms with E-state index < -0.39 is 0 Å².